The predicted molar refractivity (Wildman–Crippen MR) is 95.6 cm³/mol. The number of furan rings is 1. The van der Waals surface area contributed by atoms with Gasteiger partial charge in [0.1, 0.15) is 17.3 Å². The van der Waals surface area contributed by atoms with Gasteiger partial charge in [0.15, 0.2) is 5.78 Å². The van der Waals surface area contributed by atoms with Crippen molar-refractivity contribution in [1.82, 2.24) is 0 Å². The lowest BCUT2D eigenvalue weighted by Crippen LogP contribution is -2.02. The summed E-state index contributed by atoms with van der Waals surface area (Å²) in [5, 5.41) is 0.602. The Labute approximate surface area is 153 Å². The summed E-state index contributed by atoms with van der Waals surface area (Å²) in [6.45, 7) is -2.90. The number of carbonyl (C=O) groups is 1. The standard InChI is InChI=1S/C20H13ClF2O3/c21-15-3-1-2-14(12-15)19-11-9-16(25-19)8-10-18(24)13-4-6-17(7-5-13)26-20(22)23/h1-12,20H/b10-8+. The van der Waals surface area contributed by atoms with Crippen molar-refractivity contribution >= 4 is 23.5 Å². The second kappa shape index (κ2) is 7.97. The van der Waals surface area contributed by atoms with Gasteiger partial charge in [-0.1, -0.05) is 23.7 Å². The molecule has 0 aliphatic carbocycles. The average molecular weight is 375 g/mol. The van der Waals surface area contributed by atoms with Crippen LogP contribution in [0.2, 0.25) is 5.02 Å². The Morgan fingerprint density at radius 3 is 2.54 bits per heavy atom. The third kappa shape index (κ3) is 4.58. The van der Waals surface area contributed by atoms with Gasteiger partial charge in [-0.25, -0.2) is 0 Å². The van der Waals surface area contributed by atoms with Crippen molar-refractivity contribution in [3.8, 4) is 17.1 Å². The molecule has 3 nitrogen and oxygen atoms in total. The van der Waals surface area contributed by atoms with Gasteiger partial charge in [-0.3, -0.25) is 4.79 Å². The topological polar surface area (TPSA) is 39.4 Å². The largest absolute Gasteiger partial charge is 0.457 e. The van der Waals surface area contributed by atoms with E-state index in [1.54, 1.807) is 30.3 Å². The fourth-order valence-corrected chi connectivity index (χ4v) is 2.48. The van der Waals surface area contributed by atoms with E-state index in [1.807, 2.05) is 12.1 Å². The molecule has 132 valence electrons. The number of rotatable bonds is 6. The number of hydrogen-bond donors (Lipinski definition) is 0. The van der Waals surface area contributed by atoms with Crippen LogP contribution in [0.4, 0.5) is 8.78 Å². The van der Waals surface area contributed by atoms with Crippen molar-refractivity contribution in [2.75, 3.05) is 0 Å². The van der Waals surface area contributed by atoms with Gasteiger partial charge in [0.25, 0.3) is 0 Å². The van der Waals surface area contributed by atoms with Crippen molar-refractivity contribution in [3.05, 3.63) is 83.1 Å². The Kier molecular flexibility index (Phi) is 5.49. The van der Waals surface area contributed by atoms with Crippen LogP contribution in [-0.2, 0) is 0 Å². The van der Waals surface area contributed by atoms with Crippen molar-refractivity contribution in [3.63, 3.8) is 0 Å². The van der Waals surface area contributed by atoms with E-state index < -0.39 is 6.61 Å². The Morgan fingerprint density at radius 2 is 1.85 bits per heavy atom. The zero-order chi connectivity index (χ0) is 18.5. The maximum atomic E-state index is 12.1. The van der Waals surface area contributed by atoms with Gasteiger partial charge in [0.2, 0.25) is 0 Å². The first-order valence-electron chi connectivity index (χ1n) is 7.64. The molecule has 3 rings (SSSR count). The second-order valence-corrected chi connectivity index (χ2v) is 5.75. The minimum absolute atomic E-state index is 0.00210. The molecule has 0 amide bonds. The summed E-state index contributed by atoms with van der Waals surface area (Å²) < 4.78 is 34.2. The van der Waals surface area contributed by atoms with Crippen LogP contribution in [0, 0.1) is 0 Å². The summed E-state index contributed by atoms with van der Waals surface area (Å²) in [5.74, 6) is 0.853. The highest BCUT2D eigenvalue weighted by molar-refractivity contribution is 6.30. The third-order valence-corrected chi connectivity index (χ3v) is 3.73. The third-order valence-electron chi connectivity index (χ3n) is 3.50. The molecule has 6 heteroatoms. The van der Waals surface area contributed by atoms with E-state index >= 15 is 0 Å². The fraction of sp³-hybridized carbons (Fsp3) is 0.0500. The maximum absolute atomic E-state index is 12.1. The summed E-state index contributed by atoms with van der Waals surface area (Å²) in [6.07, 6.45) is 2.89. The molecular weight excluding hydrogens is 362 g/mol. The maximum Gasteiger partial charge on any atom is 0.387 e. The van der Waals surface area contributed by atoms with Crippen LogP contribution in [0.15, 0.2) is 71.2 Å². The van der Waals surface area contributed by atoms with Crippen molar-refractivity contribution in [2.24, 2.45) is 0 Å². The van der Waals surface area contributed by atoms with Crippen LogP contribution in [0.5, 0.6) is 5.75 Å². The Hall–Kier alpha value is -2.92. The monoisotopic (exact) mass is 374 g/mol. The van der Waals surface area contributed by atoms with Crippen molar-refractivity contribution in [2.45, 2.75) is 6.61 Å². The molecule has 1 heterocycles. The smallest absolute Gasteiger partial charge is 0.387 e. The molecular formula is C20H13ClF2O3. The zero-order valence-corrected chi connectivity index (χ0v) is 14.1. The molecule has 26 heavy (non-hydrogen) atoms. The van der Waals surface area contributed by atoms with Crippen LogP contribution in [-0.4, -0.2) is 12.4 Å². The van der Waals surface area contributed by atoms with Gasteiger partial charge < -0.3 is 9.15 Å². The SMILES string of the molecule is O=C(/C=C/c1ccc(-c2cccc(Cl)c2)o1)c1ccc(OC(F)F)cc1. The number of benzene rings is 2. The second-order valence-electron chi connectivity index (χ2n) is 5.31. The van der Waals surface area contributed by atoms with Crippen LogP contribution in [0.3, 0.4) is 0 Å². The summed E-state index contributed by atoms with van der Waals surface area (Å²) in [5.41, 5.74) is 1.18. The number of hydrogen-bond acceptors (Lipinski definition) is 3. The highest BCUT2D eigenvalue weighted by Crippen LogP contribution is 2.25. The van der Waals surface area contributed by atoms with E-state index in [1.165, 1.54) is 30.3 Å². The van der Waals surface area contributed by atoms with E-state index in [9.17, 15) is 13.6 Å². The Morgan fingerprint density at radius 1 is 1.08 bits per heavy atom. The molecule has 0 atom stereocenters. The molecule has 0 fully saturated rings. The van der Waals surface area contributed by atoms with Crippen LogP contribution >= 0.6 is 11.6 Å². The van der Waals surface area contributed by atoms with Crippen LogP contribution < -0.4 is 4.74 Å². The first-order valence-corrected chi connectivity index (χ1v) is 8.02. The van der Waals surface area contributed by atoms with Crippen molar-refractivity contribution < 1.29 is 22.7 Å². The minimum atomic E-state index is -2.90. The molecule has 0 N–H and O–H groups in total. The average Bonchev–Trinajstić information content (AvgIpc) is 3.09. The van der Waals surface area contributed by atoms with Gasteiger partial charge in [-0.2, -0.15) is 8.78 Å². The fourth-order valence-electron chi connectivity index (χ4n) is 2.29. The van der Waals surface area contributed by atoms with Gasteiger partial charge in [0, 0.05) is 16.1 Å². The normalized spacial score (nSPS) is 11.2. The Balaban J connectivity index is 1.69. The van der Waals surface area contributed by atoms with Crippen LogP contribution in [0.1, 0.15) is 16.1 Å². The summed E-state index contributed by atoms with van der Waals surface area (Å²) >= 11 is 5.96. The minimum Gasteiger partial charge on any atom is -0.457 e. The molecule has 2 aromatic carbocycles. The zero-order valence-electron chi connectivity index (χ0n) is 13.4. The number of ketones is 1. The molecule has 0 aliphatic rings. The van der Waals surface area contributed by atoms with E-state index in [4.69, 9.17) is 16.0 Å². The van der Waals surface area contributed by atoms with Gasteiger partial charge in [0.05, 0.1) is 0 Å². The van der Waals surface area contributed by atoms with Crippen molar-refractivity contribution in [1.29, 1.82) is 0 Å². The highest BCUT2D eigenvalue weighted by atomic mass is 35.5. The molecule has 0 unspecified atom stereocenters. The number of allylic oxidation sites excluding steroid dienone is 1. The van der Waals surface area contributed by atoms with E-state index in [0.717, 1.165) is 5.56 Å². The van der Waals surface area contributed by atoms with E-state index in [-0.39, 0.29) is 11.5 Å². The van der Waals surface area contributed by atoms with E-state index in [0.29, 0.717) is 22.1 Å². The van der Waals surface area contributed by atoms with E-state index in [2.05, 4.69) is 4.74 Å². The molecule has 0 bridgehead atoms. The Bertz CT molecular complexity index is 930. The molecule has 0 saturated carbocycles. The summed E-state index contributed by atoms with van der Waals surface area (Å²) in [4.78, 5) is 12.1. The molecule has 1 aromatic heterocycles. The first-order chi connectivity index (χ1) is 12.5. The number of ether oxygens (including phenoxy) is 1. The van der Waals surface area contributed by atoms with Crippen LogP contribution in [0.25, 0.3) is 17.4 Å². The number of alkyl halides is 2. The molecule has 0 aliphatic heterocycles. The summed E-state index contributed by atoms with van der Waals surface area (Å²) in [7, 11) is 0. The number of carbonyl (C=O) groups excluding carboxylic acids is 1. The molecule has 0 radical (unpaired) electrons. The molecule has 0 spiro atoms. The van der Waals surface area contributed by atoms with Gasteiger partial charge >= 0.3 is 6.61 Å². The van der Waals surface area contributed by atoms with Gasteiger partial charge in [-0.15, -0.1) is 0 Å². The lowest BCUT2D eigenvalue weighted by Gasteiger charge is -2.04. The molecule has 0 saturated heterocycles. The predicted octanol–water partition coefficient (Wildman–Crippen LogP) is 6.10. The highest BCUT2D eigenvalue weighted by Gasteiger charge is 2.07. The lowest BCUT2D eigenvalue weighted by atomic mass is 10.1. The first kappa shape index (κ1) is 17.9. The quantitative estimate of drug-likeness (QED) is 0.386. The number of halogens is 3. The lowest BCUT2D eigenvalue weighted by molar-refractivity contribution is -0.0498. The van der Waals surface area contributed by atoms with Gasteiger partial charge in [-0.05, 0) is 60.7 Å². The molecule has 3 aromatic rings. The summed E-state index contributed by atoms with van der Waals surface area (Å²) in [6, 6.07) is 16.2.